The van der Waals surface area contributed by atoms with Gasteiger partial charge >= 0.3 is 0 Å². The van der Waals surface area contributed by atoms with Crippen LogP contribution in [0.5, 0.6) is 11.5 Å². The van der Waals surface area contributed by atoms with Crippen LogP contribution < -0.4 is 19.7 Å². The van der Waals surface area contributed by atoms with Crippen molar-refractivity contribution in [3.05, 3.63) is 48.0 Å². The Morgan fingerprint density at radius 3 is 2.73 bits per heavy atom. The molecule has 0 atom stereocenters. The van der Waals surface area contributed by atoms with Crippen LogP contribution >= 0.6 is 0 Å². The third kappa shape index (κ3) is 4.14. The Morgan fingerprint density at radius 1 is 1.15 bits per heavy atom. The lowest BCUT2D eigenvalue weighted by Crippen LogP contribution is -2.33. The van der Waals surface area contributed by atoms with Gasteiger partial charge in [0.2, 0.25) is 5.91 Å². The van der Waals surface area contributed by atoms with Crippen LogP contribution in [0.1, 0.15) is 18.9 Å². The average molecular weight is 354 g/mol. The molecule has 2 aromatic rings. The van der Waals surface area contributed by atoms with E-state index in [9.17, 15) is 9.59 Å². The zero-order valence-corrected chi connectivity index (χ0v) is 15.0. The normalized spacial score (nSPS) is 12.9. The van der Waals surface area contributed by atoms with Crippen molar-refractivity contribution in [3.8, 4) is 11.5 Å². The Morgan fingerprint density at radius 2 is 1.96 bits per heavy atom. The highest BCUT2D eigenvalue weighted by atomic mass is 16.5. The molecule has 1 N–H and O–H groups in total. The Balaban J connectivity index is 1.64. The molecule has 0 unspecified atom stereocenters. The van der Waals surface area contributed by atoms with Crippen LogP contribution in [0.15, 0.2) is 42.5 Å². The molecule has 136 valence electrons. The van der Waals surface area contributed by atoms with Gasteiger partial charge in [-0.3, -0.25) is 9.59 Å². The maximum Gasteiger partial charge on any atom is 0.262 e. The maximum atomic E-state index is 12.2. The topological polar surface area (TPSA) is 67.9 Å². The van der Waals surface area contributed by atoms with Gasteiger partial charge in [0.15, 0.2) is 6.61 Å². The molecule has 0 fully saturated rings. The van der Waals surface area contributed by atoms with Crippen molar-refractivity contribution in [1.29, 1.82) is 0 Å². The molecule has 0 saturated heterocycles. The van der Waals surface area contributed by atoms with Crippen molar-refractivity contribution in [3.63, 3.8) is 0 Å². The lowest BCUT2D eigenvalue weighted by Gasteiger charge is -2.29. The number of nitrogens with one attached hydrogen (secondary N) is 1. The first kappa shape index (κ1) is 17.8. The number of rotatable bonds is 5. The number of carbonyl (C=O) groups excluding carboxylic acids is 2. The molecule has 6 heteroatoms. The van der Waals surface area contributed by atoms with Crippen molar-refractivity contribution in [2.24, 2.45) is 0 Å². The van der Waals surface area contributed by atoms with Gasteiger partial charge in [0, 0.05) is 30.9 Å². The lowest BCUT2D eigenvalue weighted by atomic mass is 10.0. The summed E-state index contributed by atoms with van der Waals surface area (Å²) in [5.74, 6) is 0.975. The summed E-state index contributed by atoms with van der Waals surface area (Å²) >= 11 is 0. The van der Waals surface area contributed by atoms with Crippen molar-refractivity contribution < 1.29 is 19.1 Å². The molecule has 0 aromatic heterocycles. The summed E-state index contributed by atoms with van der Waals surface area (Å²) in [5, 5.41) is 2.82. The van der Waals surface area contributed by atoms with Crippen LogP contribution in [0.3, 0.4) is 0 Å². The van der Waals surface area contributed by atoms with E-state index < -0.39 is 0 Å². The molecule has 1 heterocycles. The van der Waals surface area contributed by atoms with Gasteiger partial charge in [0.1, 0.15) is 11.5 Å². The number of anilines is 2. The maximum absolute atomic E-state index is 12.2. The van der Waals surface area contributed by atoms with E-state index in [1.165, 1.54) is 0 Å². The van der Waals surface area contributed by atoms with Gasteiger partial charge in [-0.1, -0.05) is 12.1 Å². The number of fused-ring (bicyclic) bond motifs is 1. The molecule has 0 radical (unpaired) electrons. The van der Waals surface area contributed by atoms with Crippen LogP contribution in [0.4, 0.5) is 11.4 Å². The third-order valence-corrected chi connectivity index (χ3v) is 4.28. The minimum Gasteiger partial charge on any atom is -0.497 e. The molecule has 1 aliphatic heterocycles. The van der Waals surface area contributed by atoms with Gasteiger partial charge in [-0.05, 0) is 42.7 Å². The average Bonchev–Trinajstić information content (AvgIpc) is 2.66. The first-order chi connectivity index (χ1) is 12.6. The number of methoxy groups -OCH3 is 1. The van der Waals surface area contributed by atoms with Crippen LogP contribution in [-0.2, 0) is 16.0 Å². The number of amides is 2. The van der Waals surface area contributed by atoms with Crippen LogP contribution in [-0.4, -0.2) is 32.1 Å². The fourth-order valence-corrected chi connectivity index (χ4v) is 3.02. The number of benzene rings is 2. The number of nitrogens with zero attached hydrogens (tertiary/aromatic N) is 1. The quantitative estimate of drug-likeness (QED) is 0.896. The highest BCUT2D eigenvalue weighted by molar-refractivity contribution is 5.96. The molecule has 0 spiro atoms. The number of hydrogen-bond donors (Lipinski definition) is 1. The summed E-state index contributed by atoms with van der Waals surface area (Å²) < 4.78 is 10.6. The van der Waals surface area contributed by atoms with Crippen LogP contribution in [0, 0.1) is 0 Å². The number of aryl methyl sites for hydroxylation is 1. The zero-order valence-electron chi connectivity index (χ0n) is 15.0. The van der Waals surface area contributed by atoms with Crippen LogP contribution in [0.25, 0.3) is 0 Å². The number of ether oxygens (including phenoxy) is 2. The number of hydrogen-bond acceptors (Lipinski definition) is 4. The molecule has 0 aliphatic carbocycles. The summed E-state index contributed by atoms with van der Waals surface area (Å²) in [6.45, 7) is 2.15. The van der Waals surface area contributed by atoms with Gasteiger partial charge in [-0.15, -0.1) is 0 Å². The second-order valence-electron chi connectivity index (χ2n) is 6.13. The Bertz CT molecular complexity index is 819. The predicted molar refractivity (Wildman–Crippen MR) is 99.9 cm³/mol. The Kier molecular flexibility index (Phi) is 5.41. The first-order valence-electron chi connectivity index (χ1n) is 8.54. The van der Waals surface area contributed by atoms with E-state index >= 15 is 0 Å². The fraction of sp³-hybridized carbons (Fsp3) is 0.300. The largest absolute Gasteiger partial charge is 0.497 e. The lowest BCUT2D eigenvalue weighted by molar-refractivity contribution is -0.118. The van der Waals surface area contributed by atoms with Crippen molar-refractivity contribution >= 4 is 23.2 Å². The molecule has 26 heavy (non-hydrogen) atoms. The minimum absolute atomic E-state index is 0.00999. The fourth-order valence-electron chi connectivity index (χ4n) is 3.02. The predicted octanol–water partition coefficient (Wildman–Crippen LogP) is 3.01. The molecular formula is C20H22N2O4. The molecule has 1 aliphatic rings. The van der Waals surface area contributed by atoms with E-state index in [4.69, 9.17) is 9.47 Å². The highest BCUT2D eigenvalue weighted by Crippen LogP contribution is 2.30. The first-order valence-corrected chi connectivity index (χ1v) is 8.54. The second-order valence-corrected chi connectivity index (χ2v) is 6.13. The molecule has 2 aromatic carbocycles. The monoisotopic (exact) mass is 354 g/mol. The highest BCUT2D eigenvalue weighted by Gasteiger charge is 2.20. The van der Waals surface area contributed by atoms with Gasteiger partial charge in [-0.2, -0.15) is 0 Å². The van der Waals surface area contributed by atoms with Crippen LogP contribution in [0.2, 0.25) is 0 Å². The summed E-state index contributed by atoms with van der Waals surface area (Å²) in [6.07, 6.45) is 1.89. The zero-order chi connectivity index (χ0) is 18.5. The molecule has 3 rings (SSSR count). The van der Waals surface area contributed by atoms with E-state index in [-0.39, 0.29) is 18.4 Å². The summed E-state index contributed by atoms with van der Waals surface area (Å²) in [5.41, 5.74) is 2.64. The number of carbonyl (C=O) groups is 2. The summed E-state index contributed by atoms with van der Waals surface area (Å²) in [6, 6.07) is 12.7. The molecule has 0 saturated carbocycles. The van der Waals surface area contributed by atoms with E-state index in [1.54, 1.807) is 43.2 Å². The third-order valence-electron chi connectivity index (χ3n) is 4.28. The summed E-state index contributed by atoms with van der Waals surface area (Å²) in [4.78, 5) is 25.7. The molecule has 6 nitrogen and oxygen atoms in total. The minimum atomic E-state index is -0.266. The van der Waals surface area contributed by atoms with Crippen molar-refractivity contribution in [2.45, 2.75) is 19.8 Å². The van der Waals surface area contributed by atoms with E-state index in [0.717, 1.165) is 24.1 Å². The summed E-state index contributed by atoms with van der Waals surface area (Å²) in [7, 11) is 1.58. The molecule has 0 bridgehead atoms. The van der Waals surface area contributed by atoms with Gasteiger partial charge in [0.05, 0.1) is 7.11 Å². The van der Waals surface area contributed by atoms with Crippen molar-refractivity contribution in [2.75, 3.05) is 30.5 Å². The van der Waals surface area contributed by atoms with Gasteiger partial charge in [-0.25, -0.2) is 0 Å². The standard InChI is InChI=1S/C20H22N2O4/c1-14(23)22-10-4-5-15-8-9-16(11-19(15)22)21-20(24)13-26-18-7-3-6-17(12-18)25-2/h3,6-9,11-12H,4-5,10,13H2,1-2H3,(H,21,24). The van der Waals surface area contributed by atoms with Gasteiger partial charge < -0.3 is 19.7 Å². The van der Waals surface area contributed by atoms with Crippen molar-refractivity contribution in [1.82, 2.24) is 0 Å². The van der Waals surface area contributed by atoms with Gasteiger partial charge in [0.25, 0.3) is 5.91 Å². The van der Waals surface area contributed by atoms with E-state index in [0.29, 0.717) is 23.7 Å². The van der Waals surface area contributed by atoms with E-state index in [1.807, 2.05) is 18.2 Å². The second kappa shape index (κ2) is 7.91. The smallest absolute Gasteiger partial charge is 0.262 e. The Labute approximate surface area is 152 Å². The van der Waals surface area contributed by atoms with E-state index in [2.05, 4.69) is 5.32 Å². The Hall–Kier alpha value is -3.02. The SMILES string of the molecule is COc1cccc(OCC(=O)Nc2ccc3c(c2)N(C(C)=O)CCC3)c1. The molecular weight excluding hydrogens is 332 g/mol. The molecule has 2 amide bonds.